The quantitative estimate of drug-likeness (QED) is 0.727. The smallest absolute Gasteiger partial charge is 0.197 e. The van der Waals surface area contributed by atoms with Crippen LogP contribution in [0.25, 0.3) is 0 Å². The molecule has 1 atom stereocenters. The van der Waals surface area contributed by atoms with Gasteiger partial charge in [0.1, 0.15) is 0 Å². The van der Waals surface area contributed by atoms with Crippen molar-refractivity contribution in [3.05, 3.63) is 29.8 Å². The molecule has 0 aromatic heterocycles. The third-order valence-electron chi connectivity index (χ3n) is 1.69. The lowest BCUT2D eigenvalue weighted by atomic mass is 10.2. The molecule has 80 valence electrons. The summed E-state index contributed by atoms with van der Waals surface area (Å²) in [6.07, 6.45) is -4.48. The van der Waals surface area contributed by atoms with Gasteiger partial charge >= 0.3 is 6.18 Å². The molecule has 1 aromatic rings. The monoisotopic (exact) mass is 231 g/mol. The molecule has 0 saturated carbocycles. The van der Waals surface area contributed by atoms with Gasteiger partial charge in [-0.3, -0.25) is 0 Å². The second kappa shape index (κ2) is 4.58. The number of nitriles is 1. The van der Waals surface area contributed by atoms with Crippen molar-refractivity contribution in [1.82, 2.24) is 0 Å². The highest BCUT2D eigenvalue weighted by Crippen LogP contribution is 2.34. The summed E-state index contributed by atoms with van der Waals surface area (Å²) in [5.74, 6) is 0. The Morgan fingerprint density at radius 2 is 1.80 bits per heavy atom. The highest BCUT2D eigenvalue weighted by molar-refractivity contribution is 8.00. The van der Waals surface area contributed by atoms with E-state index in [0.29, 0.717) is 16.7 Å². The minimum Gasteiger partial charge on any atom is -0.197 e. The molecule has 1 aromatic carbocycles. The Balaban J connectivity index is 2.77. The lowest BCUT2D eigenvalue weighted by Gasteiger charge is -2.12. The number of hydrogen-bond donors (Lipinski definition) is 0. The first-order valence-corrected chi connectivity index (χ1v) is 5.01. The van der Waals surface area contributed by atoms with E-state index in [9.17, 15) is 13.2 Å². The van der Waals surface area contributed by atoms with Gasteiger partial charge in [0.05, 0.1) is 6.07 Å². The Kier molecular flexibility index (Phi) is 3.64. The summed E-state index contributed by atoms with van der Waals surface area (Å²) in [7, 11) is 0. The van der Waals surface area contributed by atoms with Crippen molar-refractivity contribution in [3.8, 4) is 6.07 Å². The summed E-state index contributed by atoms with van der Waals surface area (Å²) < 4.78 is 36.7. The zero-order valence-electron chi connectivity index (χ0n) is 7.88. The van der Waals surface area contributed by atoms with E-state index in [-0.39, 0.29) is 0 Å². The second-order valence-electron chi connectivity index (χ2n) is 2.98. The Bertz CT molecular complexity index is 364. The number of halogens is 3. The molecule has 0 aliphatic carbocycles. The van der Waals surface area contributed by atoms with Gasteiger partial charge in [-0.2, -0.15) is 18.4 Å². The number of thioether (sulfide) groups is 1. The fraction of sp³-hybridized carbons (Fsp3) is 0.300. The Morgan fingerprint density at radius 1 is 1.27 bits per heavy atom. The molecule has 0 bridgehead atoms. The molecule has 1 rings (SSSR count). The molecule has 0 aliphatic heterocycles. The van der Waals surface area contributed by atoms with Gasteiger partial charge in [-0.05, 0) is 19.1 Å². The van der Waals surface area contributed by atoms with Crippen LogP contribution < -0.4 is 0 Å². The molecule has 1 unspecified atom stereocenters. The number of hydrogen-bond acceptors (Lipinski definition) is 2. The van der Waals surface area contributed by atoms with E-state index in [1.807, 2.05) is 6.92 Å². The molecule has 0 heterocycles. The minimum absolute atomic E-state index is 0.449. The molecular weight excluding hydrogens is 223 g/mol. The van der Waals surface area contributed by atoms with E-state index >= 15 is 0 Å². The van der Waals surface area contributed by atoms with Gasteiger partial charge < -0.3 is 0 Å². The van der Waals surface area contributed by atoms with Crippen LogP contribution in [0.3, 0.4) is 0 Å². The third-order valence-corrected chi connectivity index (χ3v) is 2.84. The van der Waals surface area contributed by atoms with Crippen LogP contribution in [0.2, 0.25) is 0 Å². The molecule has 0 spiro atoms. The predicted molar refractivity (Wildman–Crippen MR) is 52.5 cm³/mol. The lowest BCUT2D eigenvalue weighted by molar-refractivity contribution is -0.118. The molecule has 0 fully saturated rings. The van der Waals surface area contributed by atoms with E-state index in [2.05, 4.69) is 0 Å². The topological polar surface area (TPSA) is 23.8 Å². The molecule has 0 N–H and O–H groups in total. The molecule has 15 heavy (non-hydrogen) atoms. The van der Waals surface area contributed by atoms with Crippen molar-refractivity contribution in [2.24, 2.45) is 0 Å². The lowest BCUT2D eigenvalue weighted by Crippen LogP contribution is -2.23. The Hall–Kier alpha value is -1.15. The average Bonchev–Trinajstić information content (AvgIpc) is 2.15. The molecule has 5 heteroatoms. The summed E-state index contributed by atoms with van der Waals surface area (Å²) in [4.78, 5) is 0.449. The number of aryl methyl sites for hydroxylation is 1. The predicted octanol–water partition coefficient (Wildman–Crippen LogP) is 3.54. The number of benzene rings is 1. The highest BCUT2D eigenvalue weighted by Gasteiger charge is 2.40. The van der Waals surface area contributed by atoms with Crippen molar-refractivity contribution in [2.75, 3.05) is 0 Å². The standard InChI is InChI=1S/C10H8F3NS/c1-7-2-4-8(5-3-7)15-9(6-14)10(11,12)13/h2-5,9H,1H3. The molecule has 0 saturated heterocycles. The zero-order valence-corrected chi connectivity index (χ0v) is 8.69. The molecule has 0 radical (unpaired) electrons. The maximum absolute atomic E-state index is 12.2. The van der Waals surface area contributed by atoms with Crippen LogP contribution in [0, 0.1) is 18.3 Å². The largest absolute Gasteiger partial charge is 0.413 e. The number of alkyl halides is 3. The van der Waals surface area contributed by atoms with Gasteiger partial charge in [-0.1, -0.05) is 29.5 Å². The van der Waals surface area contributed by atoms with E-state index < -0.39 is 11.4 Å². The summed E-state index contributed by atoms with van der Waals surface area (Å²) in [6, 6.07) is 7.83. The van der Waals surface area contributed by atoms with Crippen LogP contribution in [0.5, 0.6) is 0 Å². The molecule has 1 nitrogen and oxygen atoms in total. The van der Waals surface area contributed by atoms with Crippen molar-refractivity contribution in [3.63, 3.8) is 0 Å². The molecule has 0 amide bonds. The van der Waals surface area contributed by atoms with E-state index in [1.54, 1.807) is 24.3 Å². The zero-order chi connectivity index (χ0) is 11.5. The van der Waals surface area contributed by atoms with E-state index in [4.69, 9.17) is 5.26 Å². The van der Waals surface area contributed by atoms with Crippen LogP contribution in [-0.4, -0.2) is 11.4 Å². The van der Waals surface area contributed by atoms with Crippen molar-refractivity contribution < 1.29 is 13.2 Å². The van der Waals surface area contributed by atoms with E-state index in [1.165, 1.54) is 6.07 Å². The van der Waals surface area contributed by atoms with Crippen LogP contribution >= 0.6 is 11.8 Å². The summed E-state index contributed by atoms with van der Waals surface area (Å²) in [5.41, 5.74) is 0.972. The fourth-order valence-corrected chi connectivity index (χ4v) is 1.67. The first kappa shape index (κ1) is 11.9. The second-order valence-corrected chi connectivity index (χ2v) is 4.16. The third kappa shape index (κ3) is 3.48. The highest BCUT2D eigenvalue weighted by atomic mass is 32.2. The normalized spacial score (nSPS) is 13.3. The maximum Gasteiger partial charge on any atom is 0.413 e. The minimum atomic E-state index is -4.48. The first-order chi connectivity index (χ1) is 6.93. The Morgan fingerprint density at radius 3 is 2.20 bits per heavy atom. The van der Waals surface area contributed by atoms with Crippen molar-refractivity contribution >= 4 is 11.8 Å². The maximum atomic E-state index is 12.2. The fourth-order valence-electron chi connectivity index (χ4n) is 0.919. The van der Waals surface area contributed by atoms with Gasteiger partial charge in [-0.15, -0.1) is 0 Å². The first-order valence-electron chi connectivity index (χ1n) is 4.13. The number of nitrogens with zero attached hydrogens (tertiary/aromatic N) is 1. The van der Waals surface area contributed by atoms with Gasteiger partial charge in [0.25, 0.3) is 0 Å². The van der Waals surface area contributed by atoms with Crippen LogP contribution in [-0.2, 0) is 0 Å². The summed E-state index contributed by atoms with van der Waals surface area (Å²) >= 11 is 0.518. The van der Waals surface area contributed by atoms with Crippen LogP contribution in [0.15, 0.2) is 29.2 Å². The van der Waals surface area contributed by atoms with Crippen LogP contribution in [0.4, 0.5) is 13.2 Å². The van der Waals surface area contributed by atoms with Gasteiger partial charge in [0.2, 0.25) is 0 Å². The Labute approximate surface area is 89.9 Å². The van der Waals surface area contributed by atoms with Gasteiger partial charge in [-0.25, -0.2) is 0 Å². The summed E-state index contributed by atoms with van der Waals surface area (Å²) in [6.45, 7) is 1.85. The van der Waals surface area contributed by atoms with Gasteiger partial charge in [0.15, 0.2) is 5.25 Å². The van der Waals surface area contributed by atoms with Gasteiger partial charge in [0, 0.05) is 4.90 Å². The average molecular weight is 231 g/mol. The SMILES string of the molecule is Cc1ccc(SC(C#N)C(F)(F)F)cc1. The number of rotatable bonds is 2. The molecular formula is C10H8F3NS. The van der Waals surface area contributed by atoms with Crippen molar-refractivity contribution in [2.45, 2.75) is 23.2 Å². The van der Waals surface area contributed by atoms with E-state index in [0.717, 1.165) is 5.56 Å². The van der Waals surface area contributed by atoms with Crippen LogP contribution in [0.1, 0.15) is 5.56 Å². The molecule has 0 aliphatic rings. The van der Waals surface area contributed by atoms with Crippen molar-refractivity contribution in [1.29, 1.82) is 5.26 Å². The summed E-state index contributed by atoms with van der Waals surface area (Å²) in [5, 5.41) is 6.39.